The van der Waals surface area contributed by atoms with Gasteiger partial charge in [0, 0.05) is 34.1 Å². The number of pyridine rings is 1. The summed E-state index contributed by atoms with van der Waals surface area (Å²) in [6.45, 7) is 4.20. The molecule has 0 fully saturated rings. The third kappa shape index (κ3) is 3.24. The molecule has 26 heavy (non-hydrogen) atoms. The second-order valence-corrected chi connectivity index (χ2v) is 6.66. The van der Waals surface area contributed by atoms with Crippen LogP contribution in [0.15, 0.2) is 60.9 Å². The lowest BCUT2D eigenvalue weighted by Gasteiger charge is -2.12. The molecular weight excluding hydrogens is 344 g/mol. The summed E-state index contributed by atoms with van der Waals surface area (Å²) >= 11 is 6.17. The summed E-state index contributed by atoms with van der Waals surface area (Å²) in [4.78, 5) is 13.6. The number of hydrogen-bond acceptors (Lipinski definition) is 4. The first-order valence-electron chi connectivity index (χ1n) is 8.32. The molecule has 2 heterocycles. The monoisotopic (exact) mass is 360 g/mol. The fourth-order valence-corrected chi connectivity index (χ4v) is 2.94. The Bertz CT molecular complexity index is 1090. The fourth-order valence-electron chi connectivity index (χ4n) is 2.78. The third-order valence-electron chi connectivity index (χ3n) is 4.35. The molecule has 2 aromatic carbocycles. The Kier molecular flexibility index (Phi) is 4.27. The van der Waals surface area contributed by atoms with Crippen LogP contribution in [0.4, 0.5) is 11.5 Å². The van der Waals surface area contributed by atoms with Crippen molar-refractivity contribution in [3.8, 4) is 11.4 Å². The zero-order valence-electron chi connectivity index (χ0n) is 14.5. The molecule has 0 saturated carbocycles. The van der Waals surface area contributed by atoms with E-state index in [1.807, 2.05) is 30.3 Å². The van der Waals surface area contributed by atoms with E-state index in [2.05, 4.69) is 47.3 Å². The third-order valence-corrected chi connectivity index (χ3v) is 4.58. The smallest absolute Gasteiger partial charge is 0.163 e. The van der Waals surface area contributed by atoms with Crippen LogP contribution in [0, 0.1) is 13.8 Å². The average molecular weight is 361 g/mol. The molecule has 0 amide bonds. The molecule has 2 aromatic heterocycles. The topological polar surface area (TPSA) is 50.7 Å². The molecule has 0 atom stereocenters. The van der Waals surface area contributed by atoms with Crippen LogP contribution in [0.5, 0.6) is 0 Å². The second kappa shape index (κ2) is 6.73. The molecule has 4 rings (SSSR count). The van der Waals surface area contributed by atoms with Gasteiger partial charge in [-0.3, -0.25) is 4.98 Å². The molecule has 4 aromatic rings. The molecule has 1 N–H and O–H groups in total. The Morgan fingerprint density at radius 2 is 1.81 bits per heavy atom. The molecule has 0 bridgehead atoms. The number of anilines is 2. The van der Waals surface area contributed by atoms with Gasteiger partial charge in [0.1, 0.15) is 5.82 Å². The van der Waals surface area contributed by atoms with Gasteiger partial charge < -0.3 is 5.32 Å². The van der Waals surface area contributed by atoms with Gasteiger partial charge >= 0.3 is 0 Å². The maximum Gasteiger partial charge on any atom is 0.163 e. The number of aromatic nitrogens is 3. The summed E-state index contributed by atoms with van der Waals surface area (Å²) in [5.41, 5.74) is 5.12. The second-order valence-electron chi connectivity index (χ2n) is 6.22. The van der Waals surface area contributed by atoms with Gasteiger partial charge in [0.05, 0.1) is 5.52 Å². The minimum absolute atomic E-state index is 0.610. The van der Waals surface area contributed by atoms with Crippen molar-refractivity contribution >= 4 is 34.0 Å². The largest absolute Gasteiger partial charge is 0.340 e. The van der Waals surface area contributed by atoms with E-state index >= 15 is 0 Å². The van der Waals surface area contributed by atoms with Crippen LogP contribution in [0.25, 0.3) is 22.3 Å². The number of rotatable bonds is 3. The number of halogens is 1. The molecule has 0 aliphatic carbocycles. The summed E-state index contributed by atoms with van der Waals surface area (Å²) in [6.07, 6.45) is 3.49. The van der Waals surface area contributed by atoms with Gasteiger partial charge in [-0.05, 0) is 67.4 Å². The maximum absolute atomic E-state index is 6.17. The summed E-state index contributed by atoms with van der Waals surface area (Å²) in [5.74, 6) is 1.35. The highest BCUT2D eigenvalue weighted by atomic mass is 35.5. The summed E-state index contributed by atoms with van der Waals surface area (Å²) in [6, 6.07) is 15.7. The first-order chi connectivity index (χ1) is 12.6. The van der Waals surface area contributed by atoms with Crippen LogP contribution in [-0.4, -0.2) is 15.0 Å². The highest BCUT2D eigenvalue weighted by molar-refractivity contribution is 6.31. The predicted octanol–water partition coefficient (Wildman–Crippen LogP) is 5.71. The van der Waals surface area contributed by atoms with E-state index in [0.717, 1.165) is 28.0 Å². The van der Waals surface area contributed by atoms with Crippen molar-refractivity contribution in [3.63, 3.8) is 0 Å². The summed E-state index contributed by atoms with van der Waals surface area (Å²) in [7, 11) is 0. The molecule has 0 unspecified atom stereocenters. The van der Waals surface area contributed by atoms with Crippen molar-refractivity contribution in [2.75, 3.05) is 5.32 Å². The Labute approximate surface area is 156 Å². The van der Waals surface area contributed by atoms with Crippen LogP contribution in [0.1, 0.15) is 11.1 Å². The van der Waals surface area contributed by atoms with E-state index in [0.29, 0.717) is 10.8 Å². The van der Waals surface area contributed by atoms with Gasteiger partial charge in [-0.2, -0.15) is 0 Å². The van der Waals surface area contributed by atoms with Crippen molar-refractivity contribution in [2.24, 2.45) is 0 Å². The van der Waals surface area contributed by atoms with Gasteiger partial charge in [-0.15, -0.1) is 0 Å². The molecular formula is C21H17ClN4. The normalized spacial score (nSPS) is 10.9. The standard InChI is InChI=1S/C21H17ClN4/c1-13-5-7-17(10-14(13)2)24-21-18-8-6-16(22)11-19(18)25-20(26-21)15-4-3-9-23-12-15/h3-12H,1-2H3,(H,24,25,26). The lowest BCUT2D eigenvalue weighted by molar-refractivity contribution is 1.20. The highest BCUT2D eigenvalue weighted by Gasteiger charge is 2.11. The van der Waals surface area contributed by atoms with Gasteiger partial charge in [0.15, 0.2) is 5.82 Å². The SMILES string of the molecule is Cc1ccc(Nc2nc(-c3cccnc3)nc3cc(Cl)ccc23)cc1C. The molecule has 0 aliphatic rings. The molecule has 0 aliphatic heterocycles. The molecule has 128 valence electrons. The number of aryl methyl sites for hydroxylation is 2. The molecule has 4 nitrogen and oxygen atoms in total. The van der Waals surface area contributed by atoms with E-state index in [9.17, 15) is 0 Å². The molecule has 0 saturated heterocycles. The van der Waals surface area contributed by atoms with Gasteiger partial charge in [0.2, 0.25) is 0 Å². The van der Waals surface area contributed by atoms with Crippen molar-refractivity contribution in [3.05, 3.63) is 77.1 Å². The van der Waals surface area contributed by atoms with Gasteiger partial charge in [-0.1, -0.05) is 17.7 Å². The summed E-state index contributed by atoms with van der Waals surface area (Å²) in [5, 5.41) is 4.99. The van der Waals surface area contributed by atoms with E-state index < -0.39 is 0 Å². The van der Waals surface area contributed by atoms with Crippen molar-refractivity contribution in [1.29, 1.82) is 0 Å². The predicted molar refractivity (Wildman–Crippen MR) is 107 cm³/mol. The van der Waals surface area contributed by atoms with Crippen LogP contribution < -0.4 is 5.32 Å². The zero-order valence-corrected chi connectivity index (χ0v) is 15.2. The van der Waals surface area contributed by atoms with Gasteiger partial charge in [0.25, 0.3) is 0 Å². The highest BCUT2D eigenvalue weighted by Crippen LogP contribution is 2.29. The molecule has 0 radical (unpaired) electrons. The minimum Gasteiger partial charge on any atom is -0.340 e. The van der Waals surface area contributed by atoms with E-state index in [1.165, 1.54) is 11.1 Å². The van der Waals surface area contributed by atoms with Crippen LogP contribution in [0.2, 0.25) is 5.02 Å². The van der Waals surface area contributed by atoms with Crippen LogP contribution in [0.3, 0.4) is 0 Å². The first kappa shape index (κ1) is 16.5. The fraction of sp³-hybridized carbons (Fsp3) is 0.0952. The van der Waals surface area contributed by atoms with Crippen LogP contribution in [-0.2, 0) is 0 Å². The van der Waals surface area contributed by atoms with Crippen LogP contribution >= 0.6 is 11.6 Å². The zero-order chi connectivity index (χ0) is 18.1. The van der Waals surface area contributed by atoms with Crippen molar-refractivity contribution < 1.29 is 0 Å². The lowest BCUT2D eigenvalue weighted by atomic mass is 10.1. The molecule has 0 spiro atoms. The van der Waals surface area contributed by atoms with Gasteiger partial charge in [-0.25, -0.2) is 9.97 Å². The lowest BCUT2D eigenvalue weighted by Crippen LogP contribution is -2.00. The Hall–Kier alpha value is -2.98. The maximum atomic E-state index is 6.17. The van der Waals surface area contributed by atoms with Crippen molar-refractivity contribution in [2.45, 2.75) is 13.8 Å². The van der Waals surface area contributed by atoms with E-state index in [-0.39, 0.29) is 0 Å². The number of hydrogen-bond donors (Lipinski definition) is 1. The quantitative estimate of drug-likeness (QED) is 0.508. The summed E-state index contributed by atoms with van der Waals surface area (Å²) < 4.78 is 0. The number of fused-ring (bicyclic) bond motifs is 1. The number of benzene rings is 2. The average Bonchev–Trinajstić information content (AvgIpc) is 2.65. The Morgan fingerprint density at radius 1 is 0.923 bits per heavy atom. The van der Waals surface area contributed by atoms with E-state index in [4.69, 9.17) is 16.6 Å². The number of nitrogens with one attached hydrogen (secondary N) is 1. The van der Waals surface area contributed by atoms with Crippen molar-refractivity contribution in [1.82, 2.24) is 15.0 Å². The number of nitrogens with zero attached hydrogens (tertiary/aromatic N) is 3. The Balaban J connectivity index is 1.87. The Morgan fingerprint density at radius 3 is 2.58 bits per heavy atom. The van der Waals surface area contributed by atoms with E-state index in [1.54, 1.807) is 12.4 Å². The first-order valence-corrected chi connectivity index (χ1v) is 8.70. The molecule has 5 heteroatoms. The minimum atomic E-state index is 0.610.